The predicted octanol–water partition coefficient (Wildman–Crippen LogP) is 3.09. The number of hydrogen-bond donors (Lipinski definition) is 2. The summed E-state index contributed by atoms with van der Waals surface area (Å²) in [5.41, 5.74) is 7.89. The highest BCUT2D eigenvalue weighted by molar-refractivity contribution is 9.10. The standard InChI is InChI=1S/C15H15BrN2O2S/c1-10-5-6-14(13(17)7-10)18-15(19)9-21(20)12-4-2-3-11(16)8-12/h2-8H,9,17H2,1H3,(H,18,19). The molecule has 4 nitrogen and oxygen atoms in total. The highest BCUT2D eigenvalue weighted by atomic mass is 79.9. The average Bonchev–Trinajstić information content (AvgIpc) is 2.42. The fourth-order valence-electron chi connectivity index (χ4n) is 1.79. The zero-order chi connectivity index (χ0) is 15.4. The number of carbonyl (C=O) groups excluding carboxylic acids is 1. The van der Waals surface area contributed by atoms with Gasteiger partial charge >= 0.3 is 0 Å². The molecule has 21 heavy (non-hydrogen) atoms. The van der Waals surface area contributed by atoms with Crippen molar-refractivity contribution in [2.24, 2.45) is 0 Å². The van der Waals surface area contributed by atoms with Gasteiger partial charge in [-0.05, 0) is 42.8 Å². The van der Waals surface area contributed by atoms with Gasteiger partial charge in [0, 0.05) is 9.37 Å². The molecule has 0 aliphatic rings. The van der Waals surface area contributed by atoms with E-state index >= 15 is 0 Å². The first-order chi connectivity index (χ1) is 9.95. The highest BCUT2D eigenvalue weighted by Gasteiger charge is 2.12. The summed E-state index contributed by atoms with van der Waals surface area (Å²) < 4.78 is 13.0. The summed E-state index contributed by atoms with van der Waals surface area (Å²) in [6.45, 7) is 1.92. The Labute approximate surface area is 134 Å². The van der Waals surface area contributed by atoms with Crippen LogP contribution in [0.4, 0.5) is 11.4 Å². The maximum atomic E-state index is 12.1. The van der Waals surface area contributed by atoms with Gasteiger partial charge in [-0.15, -0.1) is 0 Å². The monoisotopic (exact) mass is 366 g/mol. The largest absolute Gasteiger partial charge is 0.397 e. The second kappa shape index (κ2) is 6.87. The number of rotatable bonds is 4. The molecular weight excluding hydrogens is 352 g/mol. The lowest BCUT2D eigenvalue weighted by molar-refractivity contribution is -0.113. The van der Waals surface area contributed by atoms with Crippen molar-refractivity contribution >= 4 is 44.0 Å². The van der Waals surface area contributed by atoms with Crippen LogP contribution in [0.5, 0.6) is 0 Å². The molecular formula is C15H15BrN2O2S. The van der Waals surface area contributed by atoms with Crippen molar-refractivity contribution in [3.8, 4) is 0 Å². The smallest absolute Gasteiger partial charge is 0.237 e. The number of anilines is 2. The molecule has 0 radical (unpaired) electrons. The van der Waals surface area contributed by atoms with E-state index in [0.717, 1.165) is 10.0 Å². The molecule has 2 aromatic carbocycles. The van der Waals surface area contributed by atoms with E-state index in [0.29, 0.717) is 16.3 Å². The molecule has 0 aliphatic heterocycles. The van der Waals surface area contributed by atoms with Gasteiger partial charge < -0.3 is 11.1 Å². The maximum absolute atomic E-state index is 12.1. The molecule has 1 unspecified atom stereocenters. The van der Waals surface area contributed by atoms with Crippen LogP contribution in [0, 0.1) is 6.92 Å². The first-order valence-electron chi connectivity index (χ1n) is 6.25. The lowest BCUT2D eigenvalue weighted by Crippen LogP contribution is -2.20. The average molecular weight is 367 g/mol. The number of nitrogens with one attached hydrogen (secondary N) is 1. The Morgan fingerprint density at radius 1 is 1.29 bits per heavy atom. The number of amides is 1. The summed E-state index contributed by atoms with van der Waals surface area (Å²) in [5, 5.41) is 2.68. The van der Waals surface area contributed by atoms with E-state index in [4.69, 9.17) is 5.73 Å². The molecule has 0 bridgehead atoms. The minimum atomic E-state index is -1.39. The SMILES string of the molecule is Cc1ccc(NC(=O)CS(=O)c2cccc(Br)c2)c(N)c1. The number of nitrogen functional groups attached to an aromatic ring is 1. The van der Waals surface area contributed by atoms with Gasteiger partial charge in [-0.25, -0.2) is 0 Å². The van der Waals surface area contributed by atoms with E-state index in [1.165, 1.54) is 0 Å². The Kier molecular flexibility index (Phi) is 5.14. The van der Waals surface area contributed by atoms with Crippen LogP contribution < -0.4 is 11.1 Å². The van der Waals surface area contributed by atoms with E-state index in [-0.39, 0.29) is 11.7 Å². The second-order valence-electron chi connectivity index (χ2n) is 4.59. The van der Waals surface area contributed by atoms with Gasteiger partial charge in [-0.1, -0.05) is 28.1 Å². The van der Waals surface area contributed by atoms with Crippen LogP contribution in [-0.4, -0.2) is 15.9 Å². The summed E-state index contributed by atoms with van der Waals surface area (Å²) in [5.74, 6) is -0.437. The van der Waals surface area contributed by atoms with Crippen molar-refractivity contribution in [1.82, 2.24) is 0 Å². The Morgan fingerprint density at radius 2 is 2.05 bits per heavy atom. The van der Waals surface area contributed by atoms with Gasteiger partial charge in [0.2, 0.25) is 5.91 Å². The molecule has 0 saturated heterocycles. The van der Waals surface area contributed by atoms with Gasteiger partial charge in [-0.3, -0.25) is 9.00 Å². The van der Waals surface area contributed by atoms with Crippen LogP contribution in [-0.2, 0) is 15.6 Å². The summed E-state index contributed by atoms with van der Waals surface area (Å²) in [4.78, 5) is 12.6. The first kappa shape index (κ1) is 15.7. The first-order valence-corrected chi connectivity index (χ1v) is 8.37. The number of hydrogen-bond acceptors (Lipinski definition) is 3. The molecule has 0 saturated carbocycles. The van der Waals surface area contributed by atoms with Gasteiger partial charge in [0.1, 0.15) is 5.75 Å². The van der Waals surface area contributed by atoms with E-state index < -0.39 is 10.8 Å². The van der Waals surface area contributed by atoms with Crippen molar-refractivity contribution < 1.29 is 9.00 Å². The third-order valence-electron chi connectivity index (χ3n) is 2.80. The topological polar surface area (TPSA) is 72.2 Å². The number of benzene rings is 2. The van der Waals surface area contributed by atoms with E-state index in [9.17, 15) is 9.00 Å². The van der Waals surface area contributed by atoms with E-state index in [1.807, 2.05) is 19.1 Å². The Hall–Kier alpha value is -1.66. The van der Waals surface area contributed by atoms with Crippen LogP contribution in [0.3, 0.4) is 0 Å². The van der Waals surface area contributed by atoms with Crippen LogP contribution in [0.25, 0.3) is 0 Å². The Morgan fingerprint density at radius 3 is 2.71 bits per heavy atom. The summed E-state index contributed by atoms with van der Waals surface area (Å²) >= 11 is 3.32. The zero-order valence-electron chi connectivity index (χ0n) is 11.4. The minimum Gasteiger partial charge on any atom is -0.397 e. The number of halogens is 1. The molecule has 1 atom stereocenters. The predicted molar refractivity (Wildman–Crippen MR) is 89.6 cm³/mol. The second-order valence-corrected chi connectivity index (χ2v) is 6.95. The van der Waals surface area contributed by atoms with Gasteiger partial charge in [0.15, 0.2) is 0 Å². The van der Waals surface area contributed by atoms with Crippen molar-refractivity contribution in [3.05, 3.63) is 52.5 Å². The maximum Gasteiger partial charge on any atom is 0.237 e. The Bertz CT molecular complexity index is 704. The third kappa shape index (κ3) is 4.41. The van der Waals surface area contributed by atoms with E-state index in [1.54, 1.807) is 30.3 Å². The van der Waals surface area contributed by atoms with Gasteiger partial charge in [-0.2, -0.15) is 0 Å². The molecule has 0 aliphatic carbocycles. The van der Waals surface area contributed by atoms with Crippen LogP contribution in [0.2, 0.25) is 0 Å². The third-order valence-corrected chi connectivity index (χ3v) is 4.60. The van der Waals surface area contributed by atoms with E-state index in [2.05, 4.69) is 21.2 Å². The summed E-state index contributed by atoms with van der Waals surface area (Å²) in [6.07, 6.45) is 0. The molecule has 0 spiro atoms. The molecule has 0 aromatic heterocycles. The molecule has 6 heteroatoms. The van der Waals surface area contributed by atoms with Gasteiger partial charge in [0.05, 0.1) is 22.2 Å². The fourth-order valence-corrected chi connectivity index (χ4v) is 3.31. The lowest BCUT2D eigenvalue weighted by Gasteiger charge is -2.09. The van der Waals surface area contributed by atoms with Crippen LogP contribution in [0.15, 0.2) is 51.8 Å². The quantitative estimate of drug-likeness (QED) is 0.816. The number of nitrogens with two attached hydrogens (primary N) is 1. The van der Waals surface area contributed by atoms with Crippen LogP contribution in [0.1, 0.15) is 5.56 Å². The molecule has 1 amide bonds. The van der Waals surface area contributed by atoms with Crippen molar-refractivity contribution in [2.45, 2.75) is 11.8 Å². The zero-order valence-corrected chi connectivity index (χ0v) is 13.8. The fraction of sp³-hybridized carbons (Fsp3) is 0.133. The van der Waals surface area contributed by atoms with Crippen molar-refractivity contribution in [1.29, 1.82) is 0 Å². The van der Waals surface area contributed by atoms with Crippen molar-refractivity contribution in [3.63, 3.8) is 0 Å². The Balaban J connectivity index is 2.03. The molecule has 2 rings (SSSR count). The molecule has 0 fully saturated rings. The minimum absolute atomic E-state index is 0.107. The number of carbonyl (C=O) groups is 1. The summed E-state index contributed by atoms with van der Waals surface area (Å²) in [6, 6.07) is 12.5. The lowest BCUT2D eigenvalue weighted by atomic mass is 10.2. The number of aryl methyl sites for hydroxylation is 1. The molecule has 2 aromatic rings. The van der Waals surface area contributed by atoms with Gasteiger partial charge in [0.25, 0.3) is 0 Å². The molecule has 110 valence electrons. The molecule has 0 heterocycles. The molecule has 3 N–H and O–H groups in total. The normalized spacial score (nSPS) is 11.9. The highest BCUT2D eigenvalue weighted by Crippen LogP contribution is 2.20. The summed E-state index contributed by atoms with van der Waals surface area (Å²) in [7, 11) is -1.39. The van der Waals surface area contributed by atoms with Crippen molar-refractivity contribution in [2.75, 3.05) is 16.8 Å². The van der Waals surface area contributed by atoms with Crippen LogP contribution >= 0.6 is 15.9 Å².